The van der Waals surface area contributed by atoms with E-state index in [9.17, 15) is 13.6 Å². The van der Waals surface area contributed by atoms with E-state index >= 15 is 0 Å². The van der Waals surface area contributed by atoms with Crippen LogP contribution in [0.4, 0.5) is 14.5 Å². The molecule has 26 heavy (non-hydrogen) atoms. The van der Waals surface area contributed by atoms with E-state index in [-0.39, 0.29) is 11.9 Å². The van der Waals surface area contributed by atoms with Crippen LogP contribution in [0.15, 0.2) is 36.4 Å². The number of amides is 1. The number of halogens is 2. The number of carbonyl (C=O) groups is 1. The minimum absolute atomic E-state index is 0.00935. The van der Waals surface area contributed by atoms with Crippen LogP contribution in [0.3, 0.4) is 0 Å². The number of rotatable bonds is 4. The molecule has 6 heteroatoms. The molecule has 1 aliphatic heterocycles. The molecule has 0 bridgehead atoms. The van der Waals surface area contributed by atoms with Crippen molar-refractivity contribution in [1.82, 2.24) is 4.90 Å². The number of piperidine rings is 1. The first-order valence-corrected chi connectivity index (χ1v) is 8.63. The van der Waals surface area contributed by atoms with Crippen molar-refractivity contribution in [1.29, 1.82) is 0 Å². The molecule has 1 N–H and O–H groups in total. The van der Waals surface area contributed by atoms with Crippen molar-refractivity contribution in [2.24, 2.45) is 0 Å². The second-order valence-corrected chi connectivity index (χ2v) is 6.55. The van der Waals surface area contributed by atoms with Crippen molar-refractivity contribution >= 4 is 11.6 Å². The Balaban J connectivity index is 1.69. The molecule has 1 amide bonds. The maximum atomic E-state index is 13.4. The summed E-state index contributed by atoms with van der Waals surface area (Å²) in [5.41, 5.74) is 2.07. The zero-order valence-corrected chi connectivity index (χ0v) is 14.9. The maximum Gasteiger partial charge on any atom is 0.254 e. The lowest BCUT2D eigenvalue weighted by Gasteiger charge is -2.34. The van der Waals surface area contributed by atoms with Gasteiger partial charge in [0.25, 0.3) is 5.91 Å². The monoisotopic (exact) mass is 360 g/mol. The molecule has 0 spiro atoms. The summed E-state index contributed by atoms with van der Waals surface area (Å²) in [7, 11) is 1.58. The number of methoxy groups -OCH3 is 1. The molecule has 0 aliphatic carbocycles. The summed E-state index contributed by atoms with van der Waals surface area (Å²) in [5.74, 6) is -1.13. The number of hydrogen-bond donors (Lipinski definition) is 1. The van der Waals surface area contributed by atoms with Crippen LogP contribution in [-0.4, -0.2) is 37.0 Å². The Bertz CT molecular complexity index is 810. The molecule has 1 saturated heterocycles. The molecule has 1 fully saturated rings. The molecule has 138 valence electrons. The van der Waals surface area contributed by atoms with Gasteiger partial charge in [-0.05, 0) is 49.6 Å². The van der Waals surface area contributed by atoms with Gasteiger partial charge in [0.2, 0.25) is 0 Å². The van der Waals surface area contributed by atoms with Gasteiger partial charge in [0.15, 0.2) is 11.6 Å². The van der Waals surface area contributed by atoms with Crippen molar-refractivity contribution in [3.8, 4) is 5.75 Å². The predicted molar refractivity (Wildman–Crippen MR) is 96.6 cm³/mol. The molecule has 2 aromatic carbocycles. The lowest BCUT2D eigenvalue weighted by molar-refractivity contribution is 0.0714. The van der Waals surface area contributed by atoms with Crippen LogP contribution in [0.1, 0.15) is 28.8 Å². The third-order valence-corrected chi connectivity index (χ3v) is 4.65. The van der Waals surface area contributed by atoms with E-state index < -0.39 is 11.6 Å². The zero-order valence-electron chi connectivity index (χ0n) is 14.9. The fourth-order valence-corrected chi connectivity index (χ4v) is 3.24. The summed E-state index contributed by atoms with van der Waals surface area (Å²) < 4.78 is 31.7. The van der Waals surface area contributed by atoms with Crippen molar-refractivity contribution in [2.75, 3.05) is 25.5 Å². The Kier molecular flexibility index (Phi) is 5.40. The number of nitrogens with zero attached hydrogens (tertiary/aromatic N) is 1. The average Bonchev–Trinajstić information content (AvgIpc) is 2.65. The molecule has 1 heterocycles. The number of ether oxygens (including phenoxy) is 1. The second-order valence-electron chi connectivity index (χ2n) is 6.55. The number of carbonyl (C=O) groups excluding carboxylic acids is 1. The minimum atomic E-state index is -0.884. The first-order valence-electron chi connectivity index (χ1n) is 8.63. The van der Waals surface area contributed by atoms with Crippen LogP contribution >= 0.6 is 0 Å². The summed E-state index contributed by atoms with van der Waals surface area (Å²) in [6, 6.07) is 9.15. The van der Waals surface area contributed by atoms with Gasteiger partial charge in [0, 0.05) is 36.4 Å². The fourth-order valence-electron chi connectivity index (χ4n) is 3.24. The zero-order chi connectivity index (χ0) is 18.7. The number of benzene rings is 2. The highest BCUT2D eigenvalue weighted by Gasteiger charge is 2.25. The van der Waals surface area contributed by atoms with Crippen LogP contribution in [0.25, 0.3) is 0 Å². The van der Waals surface area contributed by atoms with Gasteiger partial charge in [0.1, 0.15) is 5.75 Å². The summed E-state index contributed by atoms with van der Waals surface area (Å²) in [6.45, 7) is 3.11. The highest BCUT2D eigenvalue weighted by molar-refractivity contribution is 5.94. The fraction of sp³-hybridized carbons (Fsp3) is 0.350. The van der Waals surface area contributed by atoms with Crippen molar-refractivity contribution < 1.29 is 18.3 Å². The molecular formula is C20H22F2N2O2. The SMILES string of the molecule is COc1cc(C(=O)N2CCCC(Nc3ccc(F)c(F)c3)C2)ccc1C. The number of anilines is 1. The molecule has 1 aliphatic rings. The van der Waals surface area contributed by atoms with Gasteiger partial charge in [-0.2, -0.15) is 0 Å². The maximum absolute atomic E-state index is 13.4. The lowest BCUT2D eigenvalue weighted by atomic mass is 10.0. The average molecular weight is 360 g/mol. The Morgan fingerprint density at radius 1 is 1.19 bits per heavy atom. The van der Waals surface area contributed by atoms with Crippen LogP contribution in [0.2, 0.25) is 0 Å². The standard InChI is InChI=1S/C20H22F2N2O2/c1-13-5-6-14(10-19(13)26-2)20(25)24-9-3-4-16(12-24)23-15-7-8-17(21)18(22)11-15/h5-8,10-11,16,23H,3-4,9,12H2,1-2H3. The first-order chi connectivity index (χ1) is 12.5. The van der Waals surface area contributed by atoms with E-state index in [1.165, 1.54) is 6.07 Å². The predicted octanol–water partition coefficient (Wildman–Crippen LogP) is 4.00. The van der Waals surface area contributed by atoms with E-state index in [1.54, 1.807) is 24.1 Å². The molecule has 0 saturated carbocycles. The van der Waals surface area contributed by atoms with E-state index in [0.717, 1.165) is 30.5 Å². The van der Waals surface area contributed by atoms with Gasteiger partial charge in [-0.3, -0.25) is 4.79 Å². The number of likely N-dealkylation sites (tertiary alicyclic amines) is 1. The molecule has 1 unspecified atom stereocenters. The van der Waals surface area contributed by atoms with Gasteiger partial charge in [-0.1, -0.05) is 6.07 Å². The third kappa shape index (κ3) is 3.95. The Morgan fingerprint density at radius 2 is 2.00 bits per heavy atom. The summed E-state index contributed by atoms with van der Waals surface area (Å²) in [4.78, 5) is 14.6. The topological polar surface area (TPSA) is 41.6 Å². The van der Waals surface area contributed by atoms with Crippen LogP contribution in [0, 0.1) is 18.6 Å². The lowest BCUT2D eigenvalue weighted by Crippen LogP contribution is -2.45. The van der Waals surface area contributed by atoms with Crippen molar-refractivity contribution in [2.45, 2.75) is 25.8 Å². The smallest absolute Gasteiger partial charge is 0.254 e. The van der Waals surface area contributed by atoms with Crippen molar-refractivity contribution in [3.05, 3.63) is 59.2 Å². The number of aryl methyl sites for hydroxylation is 1. The van der Waals surface area contributed by atoms with Gasteiger partial charge in [0.05, 0.1) is 7.11 Å². The van der Waals surface area contributed by atoms with Gasteiger partial charge in [-0.15, -0.1) is 0 Å². The van der Waals surface area contributed by atoms with Crippen LogP contribution in [-0.2, 0) is 0 Å². The Labute approximate surface area is 151 Å². The largest absolute Gasteiger partial charge is 0.496 e. The van der Waals surface area contributed by atoms with Gasteiger partial charge in [-0.25, -0.2) is 8.78 Å². The molecule has 1 atom stereocenters. The van der Waals surface area contributed by atoms with Gasteiger partial charge >= 0.3 is 0 Å². The molecule has 4 nitrogen and oxygen atoms in total. The van der Waals surface area contributed by atoms with E-state index in [2.05, 4.69) is 5.32 Å². The Hall–Kier alpha value is -2.63. The van der Waals surface area contributed by atoms with E-state index in [1.807, 2.05) is 13.0 Å². The Morgan fingerprint density at radius 3 is 2.73 bits per heavy atom. The molecule has 2 aromatic rings. The van der Waals surface area contributed by atoms with E-state index in [0.29, 0.717) is 30.1 Å². The van der Waals surface area contributed by atoms with Crippen molar-refractivity contribution in [3.63, 3.8) is 0 Å². The van der Waals surface area contributed by atoms with E-state index in [4.69, 9.17) is 4.74 Å². The molecule has 0 aromatic heterocycles. The highest BCUT2D eigenvalue weighted by Crippen LogP contribution is 2.23. The number of nitrogens with one attached hydrogen (secondary N) is 1. The summed E-state index contributed by atoms with van der Waals surface area (Å²) in [5, 5.41) is 3.19. The van der Waals surface area contributed by atoms with Crippen LogP contribution < -0.4 is 10.1 Å². The minimum Gasteiger partial charge on any atom is -0.496 e. The molecule has 3 rings (SSSR count). The molecular weight excluding hydrogens is 338 g/mol. The highest BCUT2D eigenvalue weighted by atomic mass is 19.2. The molecule has 0 radical (unpaired) electrons. The third-order valence-electron chi connectivity index (χ3n) is 4.65. The van der Waals surface area contributed by atoms with Gasteiger partial charge < -0.3 is 15.0 Å². The second kappa shape index (κ2) is 7.72. The quantitative estimate of drug-likeness (QED) is 0.896. The normalized spacial score (nSPS) is 17.1. The summed E-state index contributed by atoms with van der Waals surface area (Å²) in [6.07, 6.45) is 1.70. The van der Waals surface area contributed by atoms with Crippen LogP contribution in [0.5, 0.6) is 5.75 Å². The first kappa shape index (κ1) is 18.2. The summed E-state index contributed by atoms with van der Waals surface area (Å²) >= 11 is 0. The number of hydrogen-bond acceptors (Lipinski definition) is 3.